The lowest BCUT2D eigenvalue weighted by Gasteiger charge is -2.23. The SMILES string of the molecule is NC(Cc1ccc(O)cc1)C(=O)NC(CO)C(=O)NC(CS)C(=O)NC(Cc1ccc(O)cc1)C(=O)O. The number of hydrogen-bond donors (Lipinski definition) is 9. The van der Waals surface area contributed by atoms with E-state index in [1.165, 1.54) is 36.4 Å². The van der Waals surface area contributed by atoms with E-state index < -0.39 is 54.5 Å². The van der Waals surface area contributed by atoms with Crippen LogP contribution in [-0.4, -0.2) is 80.6 Å². The predicted octanol–water partition coefficient (Wildman–Crippen LogP) is -1.33. The van der Waals surface area contributed by atoms with Gasteiger partial charge in [0.25, 0.3) is 0 Å². The van der Waals surface area contributed by atoms with Gasteiger partial charge in [-0.3, -0.25) is 14.4 Å². The molecule has 0 heterocycles. The number of aliphatic hydroxyl groups excluding tert-OH is 1. The molecule has 200 valence electrons. The summed E-state index contributed by atoms with van der Waals surface area (Å²) in [6.45, 7) is -0.789. The molecule has 4 unspecified atom stereocenters. The number of carboxylic acid groups (broad SMARTS) is 1. The molecule has 2 aromatic rings. The maximum Gasteiger partial charge on any atom is 0.326 e. The third kappa shape index (κ3) is 9.29. The minimum Gasteiger partial charge on any atom is -0.508 e. The number of carbonyl (C=O) groups excluding carboxylic acids is 3. The van der Waals surface area contributed by atoms with Gasteiger partial charge < -0.3 is 42.1 Å². The highest BCUT2D eigenvalue weighted by Crippen LogP contribution is 2.12. The number of nitrogens with two attached hydrogens (primary N) is 1. The molecule has 0 saturated heterocycles. The van der Waals surface area contributed by atoms with Crippen molar-refractivity contribution in [3.63, 3.8) is 0 Å². The lowest BCUT2D eigenvalue weighted by Crippen LogP contribution is -2.58. The topological polar surface area (TPSA) is 211 Å². The number of carboxylic acids is 1. The Balaban J connectivity index is 1.96. The summed E-state index contributed by atoms with van der Waals surface area (Å²) in [4.78, 5) is 49.4. The van der Waals surface area contributed by atoms with E-state index in [9.17, 15) is 39.6 Å². The van der Waals surface area contributed by atoms with Crippen LogP contribution in [0.15, 0.2) is 48.5 Å². The van der Waals surface area contributed by atoms with Gasteiger partial charge in [-0.15, -0.1) is 0 Å². The molecule has 9 N–H and O–H groups in total. The van der Waals surface area contributed by atoms with Crippen LogP contribution in [0.2, 0.25) is 0 Å². The van der Waals surface area contributed by atoms with Gasteiger partial charge in [-0.1, -0.05) is 24.3 Å². The zero-order valence-electron chi connectivity index (χ0n) is 19.7. The fourth-order valence-corrected chi connectivity index (χ4v) is 3.52. The minimum atomic E-state index is -1.43. The minimum absolute atomic E-state index is 0.00403. The van der Waals surface area contributed by atoms with Gasteiger partial charge in [-0.2, -0.15) is 12.6 Å². The maximum atomic E-state index is 12.7. The number of amides is 3. The van der Waals surface area contributed by atoms with Crippen LogP contribution in [0.1, 0.15) is 11.1 Å². The molecule has 2 aromatic carbocycles. The normalized spacial score (nSPS) is 14.0. The summed E-state index contributed by atoms with van der Waals surface area (Å²) >= 11 is 4.04. The second-order valence-electron chi connectivity index (χ2n) is 8.23. The third-order valence-corrected chi connectivity index (χ3v) is 5.72. The van der Waals surface area contributed by atoms with Gasteiger partial charge in [0.2, 0.25) is 17.7 Å². The molecule has 2 rings (SSSR count). The largest absolute Gasteiger partial charge is 0.508 e. The van der Waals surface area contributed by atoms with Crippen LogP contribution in [0.3, 0.4) is 0 Å². The van der Waals surface area contributed by atoms with Gasteiger partial charge in [0.1, 0.15) is 29.6 Å². The lowest BCUT2D eigenvalue weighted by atomic mass is 10.1. The van der Waals surface area contributed by atoms with Gasteiger partial charge in [0.05, 0.1) is 12.6 Å². The maximum absolute atomic E-state index is 12.7. The van der Waals surface area contributed by atoms with Crippen molar-refractivity contribution >= 4 is 36.3 Å². The second-order valence-corrected chi connectivity index (χ2v) is 8.60. The Morgan fingerprint density at radius 2 is 1.16 bits per heavy atom. The van der Waals surface area contributed by atoms with E-state index in [1.807, 2.05) is 0 Å². The molecule has 0 fully saturated rings. The van der Waals surface area contributed by atoms with Crippen molar-refractivity contribution in [3.8, 4) is 11.5 Å². The summed E-state index contributed by atoms with van der Waals surface area (Å²) < 4.78 is 0. The Labute approximate surface area is 218 Å². The van der Waals surface area contributed by atoms with E-state index >= 15 is 0 Å². The number of phenolic OH excluding ortho intramolecular Hbond substituents is 2. The van der Waals surface area contributed by atoms with Crippen molar-refractivity contribution in [3.05, 3.63) is 59.7 Å². The van der Waals surface area contributed by atoms with Crippen LogP contribution in [0.4, 0.5) is 0 Å². The monoisotopic (exact) mass is 534 g/mol. The van der Waals surface area contributed by atoms with Crippen molar-refractivity contribution in [2.45, 2.75) is 37.0 Å². The molecule has 3 amide bonds. The predicted molar refractivity (Wildman–Crippen MR) is 136 cm³/mol. The Hall–Kier alpha value is -3.81. The number of benzene rings is 2. The third-order valence-electron chi connectivity index (χ3n) is 5.35. The molecule has 4 atom stereocenters. The molecule has 0 aliphatic carbocycles. The van der Waals surface area contributed by atoms with Crippen molar-refractivity contribution in [2.75, 3.05) is 12.4 Å². The van der Waals surface area contributed by atoms with Gasteiger partial charge in [-0.05, 0) is 41.8 Å². The summed E-state index contributed by atoms with van der Waals surface area (Å²) in [5.41, 5.74) is 7.10. The zero-order chi connectivity index (χ0) is 27.5. The van der Waals surface area contributed by atoms with Gasteiger partial charge >= 0.3 is 5.97 Å². The molecule has 0 radical (unpaired) electrons. The average molecular weight is 535 g/mol. The van der Waals surface area contributed by atoms with Crippen LogP contribution < -0.4 is 21.7 Å². The Kier molecular flexibility index (Phi) is 11.2. The number of hydrogen-bond acceptors (Lipinski definition) is 9. The van der Waals surface area contributed by atoms with E-state index in [0.717, 1.165) is 0 Å². The quantitative estimate of drug-likeness (QED) is 0.139. The molecule has 12 nitrogen and oxygen atoms in total. The van der Waals surface area contributed by atoms with E-state index in [4.69, 9.17) is 5.73 Å². The first-order valence-electron chi connectivity index (χ1n) is 11.2. The highest BCUT2D eigenvalue weighted by molar-refractivity contribution is 7.80. The number of carbonyl (C=O) groups is 4. The number of aliphatic carboxylic acids is 1. The Morgan fingerprint density at radius 3 is 1.62 bits per heavy atom. The number of aromatic hydroxyl groups is 2. The smallest absolute Gasteiger partial charge is 0.326 e. The number of nitrogens with one attached hydrogen (secondary N) is 3. The molecule has 13 heteroatoms. The van der Waals surface area contributed by atoms with E-state index in [2.05, 4.69) is 28.6 Å². The fourth-order valence-electron chi connectivity index (χ4n) is 3.26. The molecular weight excluding hydrogens is 504 g/mol. The van der Waals surface area contributed by atoms with Crippen molar-refractivity contribution in [2.24, 2.45) is 5.73 Å². The van der Waals surface area contributed by atoms with Gasteiger partial charge in [0, 0.05) is 12.2 Å². The standard InChI is InChI=1S/C24H30N4O8S/c25-17(9-13-1-5-15(30)6-2-13)21(32)27-19(11-29)22(33)28-20(12-37)23(34)26-18(24(35)36)10-14-3-7-16(31)8-4-14/h1-8,17-20,29-31,37H,9-12,25H2,(H,26,34)(H,27,32)(H,28,33)(H,35,36). The summed E-state index contributed by atoms with van der Waals surface area (Å²) in [5.74, 6) is -3.91. The summed E-state index contributed by atoms with van der Waals surface area (Å²) in [6.07, 6.45) is 0.0218. The first-order chi connectivity index (χ1) is 17.5. The number of rotatable bonds is 13. The van der Waals surface area contributed by atoms with E-state index in [1.54, 1.807) is 12.1 Å². The van der Waals surface area contributed by atoms with Crippen LogP contribution in [0, 0.1) is 0 Å². The van der Waals surface area contributed by atoms with Crippen LogP contribution >= 0.6 is 12.6 Å². The molecule has 0 spiro atoms. The van der Waals surface area contributed by atoms with E-state index in [-0.39, 0.29) is 30.1 Å². The molecular formula is C24H30N4O8S. The fraction of sp³-hybridized carbons (Fsp3) is 0.333. The first kappa shape index (κ1) is 29.4. The highest BCUT2D eigenvalue weighted by atomic mass is 32.1. The van der Waals surface area contributed by atoms with Gasteiger partial charge in [0.15, 0.2) is 0 Å². The molecule has 0 aromatic heterocycles. The Morgan fingerprint density at radius 1 is 0.730 bits per heavy atom. The van der Waals surface area contributed by atoms with Crippen LogP contribution in [-0.2, 0) is 32.0 Å². The summed E-state index contributed by atoms with van der Waals surface area (Å²) in [6, 6.07) is 6.73. The number of aliphatic hydroxyl groups is 1. The molecule has 37 heavy (non-hydrogen) atoms. The van der Waals surface area contributed by atoms with Crippen molar-refractivity contribution in [1.82, 2.24) is 16.0 Å². The van der Waals surface area contributed by atoms with Crippen LogP contribution in [0.5, 0.6) is 11.5 Å². The summed E-state index contributed by atoms with van der Waals surface area (Å²) in [7, 11) is 0. The summed E-state index contributed by atoms with van der Waals surface area (Å²) in [5, 5.41) is 44.8. The van der Waals surface area contributed by atoms with Crippen LogP contribution in [0.25, 0.3) is 0 Å². The first-order valence-corrected chi connectivity index (χ1v) is 11.8. The zero-order valence-corrected chi connectivity index (χ0v) is 20.6. The molecule has 0 bridgehead atoms. The second kappa shape index (κ2) is 14.1. The number of phenols is 2. The molecule has 0 aliphatic heterocycles. The lowest BCUT2D eigenvalue weighted by molar-refractivity contribution is -0.142. The Bertz CT molecular complexity index is 1080. The number of thiol groups is 1. The highest BCUT2D eigenvalue weighted by Gasteiger charge is 2.29. The van der Waals surface area contributed by atoms with E-state index in [0.29, 0.717) is 11.1 Å². The molecule has 0 saturated carbocycles. The molecule has 0 aliphatic rings. The van der Waals surface area contributed by atoms with Crippen molar-refractivity contribution in [1.29, 1.82) is 0 Å². The van der Waals surface area contributed by atoms with Gasteiger partial charge in [-0.25, -0.2) is 4.79 Å². The average Bonchev–Trinajstić information content (AvgIpc) is 2.87. The van der Waals surface area contributed by atoms with Crippen molar-refractivity contribution < 1.29 is 39.6 Å².